The summed E-state index contributed by atoms with van der Waals surface area (Å²) in [6.45, 7) is 6.18. The van der Waals surface area contributed by atoms with Gasteiger partial charge in [-0.05, 0) is 42.5 Å². The Labute approximate surface area is 194 Å². The monoisotopic (exact) mass is 452 g/mol. The van der Waals surface area contributed by atoms with Gasteiger partial charge >= 0.3 is 12.1 Å². The Balaban J connectivity index is 1.58. The highest BCUT2D eigenvalue weighted by molar-refractivity contribution is 5.81. The van der Waals surface area contributed by atoms with Crippen molar-refractivity contribution in [3.63, 3.8) is 0 Å². The largest absolute Gasteiger partial charge is 0.481 e. The lowest BCUT2D eigenvalue weighted by molar-refractivity contribution is -0.142. The average molecular weight is 453 g/mol. The number of hydrogen-bond acceptors (Lipinski definition) is 4. The van der Waals surface area contributed by atoms with E-state index in [1.165, 1.54) is 0 Å². The lowest BCUT2D eigenvalue weighted by atomic mass is 9.98. The topological polar surface area (TPSA) is 95.9 Å². The normalized spacial score (nSPS) is 14.0. The predicted molar refractivity (Wildman–Crippen MR) is 126 cm³/mol. The summed E-state index contributed by atoms with van der Waals surface area (Å²) in [5, 5.41) is 11.8. The van der Waals surface area contributed by atoms with E-state index in [1.54, 1.807) is 11.8 Å². The Morgan fingerprint density at radius 1 is 1.03 bits per heavy atom. The molecule has 0 fully saturated rings. The van der Waals surface area contributed by atoms with Crippen LogP contribution in [-0.4, -0.2) is 53.7 Å². The first-order valence-electron chi connectivity index (χ1n) is 11.5. The van der Waals surface area contributed by atoms with Crippen molar-refractivity contribution < 1.29 is 24.2 Å². The molecule has 7 heteroatoms. The number of nitrogens with zero attached hydrogens (tertiary/aromatic N) is 1. The molecule has 2 amide bonds. The Morgan fingerprint density at radius 3 is 2.12 bits per heavy atom. The quantitative estimate of drug-likeness (QED) is 0.561. The number of alkyl carbamates (subject to hydrolysis) is 1. The van der Waals surface area contributed by atoms with E-state index >= 15 is 0 Å². The molecule has 0 radical (unpaired) electrons. The van der Waals surface area contributed by atoms with Crippen molar-refractivity contribution in [2.75, 3.05) is 19.7 Å². The predicted octanol–water partition coefficient (Wildman–Crippen LogP) is 4.26. The third-order valence-electron chi connectivity index (χ3n) is 6.30. The van der Waals surface area contributed by atoms with E-state index in [1.807, 2.05) is 38.1 Å². The summed E-state index contributed by atoms with van der Waals surface area (Å²) >= 11 is 0. The maximum atomic E-state index is 12.9. The Hall–Kier alpha value is -3.35. The Kier molecular flexibility index (Phi) is 8.09. The number of hydrogen-bond donors (Lipinski definition) is 2. The Bertz CT molecular complexity index is 960. The second-order valence-corrected chi connectivity index (χ2v) is 8.38. The van der Waals surface area contributed by atoms with Gasteiger partial charge < -0.3 is 20.1 Å². The van der Waals surface area contributed by atoms with Gasteiger partial charge in [0.05, 0.1) is 12.3 Å². The van der Waals surface area contributed by atoms with Gasteiger partial charge in [0, 0.05) is 25.0 Å². The van der Waals surface area contributed by atoms with Crippen LogP contribution in [0.3, 0.4) is 0 Å². The molecule has 0 aromatic heterocycles. The molecule has 2 aromatic rings. The minimum absolute atomic E-state index is 0.0285. The summed E-state index contributed by atoms with van der Waals surface area (Å²) in [5.74, 6) is -1.58. The fourth-order valence-corrected chi connectivity index (χ4v) is 4.54. The zero-order valence-corrected chi connectivity index (χ0v) is 19.4. The van der Waals surface area contributed by atoms with Gasteiger partial charge in [-0.25, -0.2) is 4.79 Å². The number of ether oxygens (including phenoxy) is 1. The maximum Gasteiger partial charge on any atom is 0.407 e. The van der Waals surface area contributed by atoms with Crippen LogP contribution >= 0.6 is 0 Å². The molecule has 2 N–H and O–H groups in total. The molecule has 0 saturated carbocycles. The summed E-state index contributed by atoms with van der Waals surface area (Å²) in [4.78, 5) is 38.0. The van der Waals surface area contributed by atoms with E-state index < -0.39 is 24.0 Å². The third-order valence-corrected chi connectivity index (χ3v) is 6.30. The number of nitrogens with one attached hydrogen (secondary N) is 1. The second kappa shape index (κ2) is 11.0. The number of carbonyl (C=O) groups is 3. The van der Waals surface area contributed by atoms with Crippen molar-refractivity contribution in [3.05, 3.63) is 59.7 Å². The van der Waals surface area contributed by atoms with Crippen LogP contribution in [-0.2, 0) is 14.3 Å². The highest BCUT2D eigenvalue weighted by Gasteiger charge is 2.30. The van der Waals surface area contributed by atoms with Crippen LogP contribution in [0.15, 0.2) is 48.5 Å². The second-order valence-electron chi connectivity index (χ2n) is 8.38. The number of rotatable bonds is 10. The fraction of sp³-hybridized carbons (Fsp3) is 0.423. The molecule has 0 saturated heterocycles. The number of benzene rings is 2. The van der Waals surface area contributed by atoms with Gasteiger partial charge in [-0.3, -0.25) is 9.59 Å². The molecule has 2 atom stereocenters. The first kappa shape index (κ1) is 24.3. The van der Waals surface area contributed by atoms with Crippen LogP contribution < -0.4 is 5.32 Å². The van der Waals surface area contributed by atoms with Crippen LogP contribution in [0, 0.1) is 5.92 Å². The summed E-state index contributed by atoms with van der Waals surface area (Å²) < 4.78 is 5.55. The van der Waals surface area contributed by atoms with Gasteiger partial charge in [-0.1, -0.05) is 55.5 Å². The number of carbonyl (C=O) groups excluding carboxylic acids is 2. The van der Waals surface area contributed by atoms with Crippen molar-refractivity contribution in [2.45, 2.75) is 45.6 Å². The molecule has 33 heavy (non-hydrogen) atoms. The lowest BCUT2D eigenvalue weighted by Gasteiger charge is -2.30. The van der Waals surface area contributed by atoms with Gasteiger partial charge in [0.2, 0.25) is 5.91 Å². The summed E-state index contributed by atoms with van der Waals surface area (Å²) in [5.41, 5.74) is 4.60. The number of carboxylic acids is 1. The molecular weight excluding hydrogens is 420 g/mol. The van der Waals surface area contributed by atoms with Gasteiger partial charge in [-0.2, -0.15) is 0 Å². The molecule has 1 aliphatic carbocycles. The molecule has 2 unspecified atom stereocenters. The van der Waals surface area contributed by atoms with Crippen molar-refractivity contribution >= 4 is 18.0 Å². The lowest BCUT2D eigenvalue weighted by Crippen LogP contribution is -2.46. The molecule has 0 heterocycles. The van der Waals surface area contributed by atoms with E-state index in [-0.39, 0.29) is 31.4 Å². The van der Waals surface area contributed by atoms with Crippen molar-refractivity contribution in [1.82, 2.24) is 10.2 Å². The van der Waals surface area contributed by atoms with Gasteiger partial charge in [-0.15, -0.1) is 0 Å². The van der Waals surface area contributed by atoms with Crippen molar-refractivity contribution in [3.8, 4) is 11.1 Å². The van der Waals surface area contributed by atoms with Crippen LogP contribution in [0.25, 0.3) is 11.1 Å². The Morgan fingerprint density at radius 2 is 1.61 bits per heavy atom. The van der Waals surface area contributed by atoms with Crippen molar-refractivity contribution in [2.24, 2.45) is 5.92 Å². The van der Waals surface area contributed by atoms with Gasteiger partial charge in [0.25, 0.3) is 0 Å². The third kappa shape index (κ3) is 5.53. The zero-order chi connectivity index (χ0) is 24.0. The zero-order valence-electron chi connectivity index (χ0n) is 19.4. The molecule has 1 aliphatic rings. The number of carboxylic acid groups (broad SMARTS) is 1. The number of amides is 2. The molecule has 3 rings (SSSR count). The maximum absolute atomic E-state index is 12.9. The molecule has 0 spiro atoms. The number of aliphatic carboxylic acids is 1. The standard InChI is InChI=1S/C26H32N2O5/c1-4-18(25(31)28(5-2)17(3)14-24(29)30)15-27-26(32)33-16-23-21-12-8-6-10-19(21)20-11-7-9-13-22(20)23/h6-13,17-18,23H,4-5,14-16H2,1-3H3,(H,27,32)(H,29,30). The molecule has 0 bridgehead atoms. The van der Waals surface area contributed by atoms with Gasteiger partial charge in [0.15, 0.2) is 0 Å². The van der Waals surface area contributed by atoms with E-state index in [4.69, 9.17) is 9.84 Å². The summed E-state index contributed by atoms with van der Waals surface area (Å²) in [6, 6.07) is 15.8. The van der Waals surface area contributed by atoms with E-state index in [2.05, 4.69) is 29.6 Å². The summed E-state index contributed by atoms with van der Waals surface area (Å²) in [6.07, 6.45) is -0.154. The minimum atomic E-state index is -0.946. The molecule has 2 aromatic carbocycles. The molecule has 176 valence electrons. The first-order valence-corrected chi connectivity index (χ1v) is 11.5. The highest BCUT2D eigenvalue weighted by Crippen LogP contribution is 2.44. The first-order chi connectivity index (χ1) is 15.9. The molecule has 0 aliphatic heterocycles. The smallest absolute Gasteiger partial charge is 0.407 e. The average Bonchev–Trinajstić information content (AvgIpc) is 3.12. The minimum Gasteiger partial charge on any atom is -0.481 e. The summed E-state index contributed by atoms with van der Waals surface area (Å²) in [7, 11) is 0. The van der Waals surface area contributed by atoms with Gasteiger partial charge in [0.1, 0.15) is 6.61 Å². The highest BCUT2D eigenvalue weighted by atomic mass is 16.5. The SMILES string of the molecule is CCC(CNC(=O)OCC1c2ccccc2-c2ccccc21)C(=O)N(CC)C(C)CC(=O)O. The molecule has 7 nitrogen and oxygen atoms in total. The number of fused-ring (bicyclic) bond motifs is 3. The fourth-order valence-electron chi connectivity index (χ4n) is 4.54. The van der Waals surface area contributed by atoms with Crippen LogP contribution in [0.1, 0.15) is 50.7 Å². The van der Waals surface area contributed by atoms with Crippen LogP contribution in [0.5, 0.6) is 0 Å². The van der Waals surface area contributed by atoms with Crippen LogP contribution in [0.2, 0.25) is 0 Å². The van der Waals surface area contributed by atoms with Crippen molar-refractivity contribution in [1.29, 1.82) is 0 Å². The van der Waals surface area contributed by atoms with E-state index in [0.717, 1.165) is 22.3 Å². The van der Waals surface area contributed by atoms with E-state index in [9.17, 15) is 14.4 Å². The van der Waals surface area contributed by atoms with Crippen LogP contribution in [0.4, 0.5) is 4.79 Å². The molecular formula is C26H32N2O5. The van der Waals surface area contributed by atoms with E-state index in [0.29, 0.717) is 13.0 Å².